The molecule has 1 aromatic rings. The molecule has 0 spiro atoms. The Labute approximate surface area is 143 Å². The van der Waals surface area contributed by atoms with Crippen LogP contribution in [-0.2, 0) is 4.79 Å². The Morgan fingerprint density at radius 3 is 2.60 bits per heavy atom. The van der Waals surface area contributed by atoms with E-state index in [-0.39, 0.29) is 23.5 Å². The monoisotopic (exact) mass is 346 g/mol. The number of ketones is 1. The van der Waals surface area contributed by atoms with Gasteiger partial charge in [-0.15, -0.1) is 0 Å². The molecule has 1 atom stereocenters. The highest BCUT2D eigenvalue weighted by atomic mass is 19.3. The molecule has 1 aliphatic heterocycles. The first-order valence-electron chi connectivity index (χ1n) is 7.38. The molecule has 0 radical (unpaired) electrons. The number of aliphatic carboxylic acids is 1. The number of alkyl halides is 2. The van der Waals surface area contributed by atoms with Crippen LogP contribution in [-0.4, -0.2) is 29.4 Å². The fourth-order valence-electron chi connectivity index (χ4n) is 2.40. The van der Waals surface area contributed by atoms with Crippen LogP contribution in [0.25, 0.3) is 6.08 Å². The van der Waals surface area contributed by atoms with E-state index in [2.05, 4.69) is 13.2 Å². The summed E-state index contributed by atoms with van der Waals surface area (Å²) in [6.45, 7) is 7.17. The zero-order valence-electron chi connectivity index (χ0n) is 13.2. The molecule has 0 saturated carbocycles. The van der Waals surface area contributed by atoms with Gasteiger partial charge in [0.25, 0.3) is 6.43 Å². The Morgan fingerprint density at radius 1 is 1.32 bits per heavy atom. The second kappa shape index (κ2) is 7.70. The summed E-state index contributed by atoms with van der Waals surface area (Å²) in [5, 5.41) is 9.10. The fourth-order valence-corrected chi connectivity index (χ4v) is 2.40. The van der Waals surface area contributed by atoms with Crippen LogP contribution in [0, 0.1) is 0 Å². The number of ether oxygens (including phenoxy) is 1. The lowest BCUT2D eigenvalue weighted by Gasteiger charge is -2.25. The molecule has 130 valence electrons. The van der Waals surface area contributed by atoms with Crippen LogP contribution in [0.1, 0.15) is 22.3 Å². The van der Waals surface area contributed by atoms with E-state index >= 15 is 0 Å². The standard InChI is InChI=1S/C19H16F2O4/c1-3-5-11(4-2)8-15(22)12-6-7-16-13(9-12)10-14(19(23)24)17(25-16)18(20)21/h3-7,9-10,17-18H,1-2,8H2,(H,23,24)/b11-5+. The first kappa shape index (κ1) is 18.3. The van der Waals surface area contributed by atoms with Gasteiger partial charge in [-0.25, -0.2) is 13.6 Å². The SMILES string of the molecule is C=C/C=C(\C=C)CC(=O)c1ccc2c(c1)C=C(C(=O)O)C(C(F)F)O2. The Bertz CT molecular complexity index is 791. The van der Waals surface area contributed by atoms with Crippen LogP contribution in [0.4, 0.5) is 8.78 Å². The van der Waals surface area contributed by atoms with Crippen molar-refractivity contribution in [2.75, 3.05) is 0 Å². The van der Waals surface area contributed by atoms with Gasteiger partial charge in [0.05, 0.1) is 5.57 Å². The van der Waals surface area contributed by atoms with E-state index in [1.807, 2.05) is 0 Å². The van der Waals surface area contributed by atoms with Crippen molar-refractivity contribution in [3.63, 3.8) is 0 Å². The van der Waals surface area contributed by atoms with Crippen molar-refractivity contribution in [2.45, 2.75) is 19.0 Å². The highest BCUT2D eigenvalue weighted by Crippen LogP contribution is 2.33. The van der Waals surface area contributed by atoms with Crippen LogP contribution in [0.3, 0.4) is 0 Å². The minimum absolute atomic E-state index is 0.0876. The summed E-state index contributed by atoms with van der Waals surface area (Å²) in [4.78, 5) is 23.5. The molecule has 0 amide bonds. The summed E-state index contributed by atoms with van der Waals surface area (Å²) in [6, 6.07) is 4.27. The Balaban J connectivity index is 2.36. The zero-order chi connectivity index (χ0) is 18.6. The lowest BCUT2D eigenvalue weighted by molar-refractivity contribution is -0.134. The lowest BCUT2D eigenvalue weighted by atomic mass is 9.97. The summed E-state index contributed by atoms with van der Waals surface area (Å²) < 4.78 is 31.1. The number of rotatable bonds is 7. The Kier molecular flexibility index (Phi) is 5.64. The molecule has 0 bridgehead atoms. The van der Waals surface area contributed by atoms with Crippen LogP contribution in [0.15, 0.2) is 60.7 Å². The van der Waals surface area contributed by atoms with Gasteiger partial charge in [0.1, 0.15) is 5.75 Å². The van der Waals surface area contributed by atoms with Crippen LogP contribution < -0.4 is 4.74 Å². The second-order valence-corrected chi connectivity index (χ2v) is 5.31. The quantitative estimate of drug-likeness (QED) is 0.597. The third-order valence-corrected chi connectivity index (χ3v) is 3.64. The number of carboxylic acids is 1. The van der Waals surface area contributed by atoms with Gasteiger partial charge in [-0.2, -0.15) is 0 Å². The minimum atomic E-state index is -2.98. The van der Waals surface area contributed by atoms with Crippen LogP contribution in [0.5, 0.6) is 5.75 Å². The Morgan fingerprint density at radius 2 is 2.04 bits per heavy atom. The summed E-state index contributed by atoms with van der Waals surface area (Å²) in [7, 11) is 0. The van der Waals surface area contributed by atoms with E-state index in [0.717, 1.165) is 6.08 Å². The van der Waals surface area contributed by atoms with Gasteiger partial charge in [0.15, 0.2) is 11.9 Å². The van der Waals surface area contributed by atoms with Gasteiger partial charge in [-0.05, 0) is 29.8 Å². The van der Waals surface area contributed by atoms with Crippen molar-refractivity contribution in [1.29, 1.82) is 0 Å². The third kappa shape index (κ3) is 4.09. The summed E-state index contributed by atoms with van der Waals surface area (Å²) in [5.41, 5.74) is 0.711. The van der Waals surface area contributed by atoms with Gasteiger partial charge in [0.2, 0.25) is 0 Å². The zero-order valence-corrected chi connectivity index (χ0v) is 13.2. The molecule has 2 rings (SSSR count). The largest absolute Gasteiger partial charge is 0.479 e. The number of halogens is 2. The number of hydrogen-bond acceptors (Lipinski definition) is 3. The number of allylic oxidation sites excluding steroid dienone is 4. The van der Waals surface area contributed by atoms with E-state index in [4.69, 9.17) is 9.84 Å². The maximum absolute atomic E-state index is 13.0. The van der Waals surface area contributed by atoms with E-state index in [1.54, 1.807) is 6.08 Å². The van der Waals surface area contributed by atoms with Crippen LogP contribution >= 0.6 is 0 Å². The average molecular weight is 346 g/mol. The van der Waals surface area contributed by atoms with E-state index in [1.165, 1.54) is 30.4 Å². The molecule has 4 nitrogen and oxygen atoms in total. The number of hydrogen-bond donors (Lipinski definition) is 1. The topological polar surface area (TPSA) is 63.6 Å². The summed E-state index contributed by atoms with van der Waals surface area (Å²) in [5.74, 6) is -1.61. The average Bonchev–Trinajstić information content (AvgIpc) is 2.59. The molecule has 1 aromatic carbocycles. The predicted molar refractivity (Wildman–Crippen MR) is 89.9 cm³/mol. The van der Waals surface area contributed by atoms with Crippen molar-refractivity contribution in [3.05, 3.63) is 71.9 Å². The number of Topliss-reactive ketones (excluding diaryl/α,β-unsaturated/α-hetero) is 1. The first-order chi connectivity index (χ1) is 11.9. The van der Waals surface area contributed by atoms with Gasteiger partial charge < -0.3 is 9.84 Å². The summed E-state index contributed by atoms with van der Waals surface area (Å²) in [6.07, 6.45) is 1.12. The molecule has 25 heavy (non-hydrogen) atoms. The maximum Gasteiger partial charge on any atom is 0.335 e. The smallest absolute Gasteiger partial charge is 0.335 e. The van der Waals surface area contributed by atoms with Crippen molar-refractivity contribution in [3.8, 4) is 5.75 Å². The number of benzene rings is 1. The van der Waals surface area contributed by atoms with Crippen molar-refractivity contribution >= 4 is 17.8 Å². The van der Waals surface area contributed by atoms with Crippen molar-refractivity contribution in [2.24, 2.45) is 0 Å². The molecule has 0 fully saturated rings. The number of fused-ring (bicyclic) bond motifs is 1. The van der Waals surface area contributed by atoms with Gasteiger partial charge >= 0.3 is 5.97 Å². The molecule has 1 N–H and O–H groups in total. The lowest BCUT2D eigenvalue weighted by Crippen LogP contribution is -2.33. The Hall–Kier alpha value is -3.02. The second-order valence-electron chi connectivity index (χ2n) is 5.31. The van der Waals surface area contributed by atoms with E-state index in [9.17, 15) is 18.4 Å². The first-order valence-corrected chi connectivity index (χ1v) is 7.38. The molecule has 1 aliphatic rings. The van der Waals surface area contributed by atoms with Gasteiger partial charge in [0, 0.05) is 17.5 Å². The van der Waals surface area contributed by atoms with Crippen LogP contribution in [0.2, 0.25) is 0 Å². The molecule has 0 saturated heterocycles. The molecule has 0 aliphatic carbocycles. The normalized spacial score (nSPS) is 16.5. The van der Waals surface area contributed by atoms with E-state index in [0.29, 0.717) is 11.1 Å². The number of carboxylic acid groups (broad SMARTS) is 1. The maximum atomic E-state index is 13.0. The minimum Gasteiger partial charge on any atom is -0.479 e. The molecular weight excluding hydrogens is 330 g/mol. The third-order valence-electron chi connectivity index (χ3n) is 3.64. The molecule has 6 heteroatoms. The predicted octanol–water partition coefficient (Wildman–Crippen LogP) is 4.05. The van der Waals surface area contributed by atoms with Crippen molar-refractivity contribution < 1.29 is 28.2 Å². The molecule has 1 unspecified atom stereocenters. The highest BCUT2D eigenvalue weighted by Gasteiger charge is 2.34. The molecule has 1 heterocycles. The molecule has 0 aromatic heterocycles. The van der Waals surface area contributed by atoms with Gasteiger partial charge in [-0.3, -0.25) is 4.79 Å². The van der Waals surface area contributed by atoms with Crippen molar-refractivity contribution in [1.82, 2.24) is 0 Å². The fraction of sp³-hybridized carbons (Fsp3) is 0.158. The molecular formula is C19H16F2O4. The number of carbonyl (C=O) groups is 2. The summed E-state index contributed by atoms with van der Waals surface area (Å²) >= 11 is 0. The van der Waals surface area contributed by atoms with E-state index < -0.39 is 24.1 Å². The highest BCUT2D eigenvalue weighted by molar-refractivity contribution is 6.00. The number of carbonyl (C=O) groups excluding carboxylic acids is 1. The van der Waals surface area contributed by atoms with Gasteiger partial charge in [-0.1, -0.05) is 31.4 Å².